The molecule has 2 N–H and O–H groups in total. The van der Waals surface area contributed by atoms with Crippen molar-refractivity contribution in [2.75, 3.05) is 6.61 Å². The number of carbonyl (C=O) groups excluding carboxylic acids is 3. The molecule has 1 aromatic rings. The summed E-state index contributed by atoms with van der Waals surface area (Å²) in [5.41, 5.74) is -0.164. The molecule has 6 nitrogen and oxygen atoms in total. The van der Waals surface area contributed by atoms with Gasteiger partial charge in [0.2, 0.25) is 0 Å². The molecule has 0 unspecified atom stereocenters. The first-order valence-corrected chi connectivity index (χ1v) is 8.37. The highest BCUT2D eigenvalue weighted by Crippen LogP contribution is 2.42. The van der Waals surface area contributed by atoms with Gasteiger partial charge in [-0.15, -0.1) is 0 Å². The van der Waals surface area contributed by atoms with Gasteiger partial charge in [0.15, 0.2) is 6.61 Å². The topological polar surface area (TPSA) is 84.5 Å². The van der Waals surface area contributed by atoms with Gasteiger partial charge in [-0.05, 0) is 44.4 Å². The van der Waals surface area contributed by atoms with Crippen molar-refractivity contribution in [1.82, 2.24) is 10.6 Å². The van der Waals surface area contributed by atoms with Gasteiger partial charge in [-0.3, -0.25) is 14.9 Å². The van der Waals surface area contributed by atoms with Crippen LogP contribution < -0.4 is 10.6 Å². The monoisotopic (exact) mass is 350 g/mol. The number of esters is 1. The summed E-state index contributed by atoms with van der Waals surface area (Å²) in [6.07, 6.45) is 2.89. The van der Waals surface area contributed by atoms with E-state index in [2.05, 4.69) is 10.6 Å². The van der Waals surface area contributed by atoms with Crippen LogP contribution in [0.1, 0.15) is 45.1 Å². The third kappa shape index (κ3) is 4.78. The molecule has 136 valence electrons. The lowest BCUT2D eigenvalue weighted by molar-refractivity contribution is -0.154. The zero-order chi connectivity index (χ0) is 18.4. The Morgan fingerprint density at radius 3 is 2.32 bits per heavy atom. The molecule has 1 fully saturated rings. The maximum atomic E-state index is 13.2. The number of carbonyl (C=O) groups is 3. The number of rotatable bonds is 5. The second-order valence-electron chi connectivity index (χ2n) is 6.55. The molecule has 0 spiro atoms. The fourth-order valence-corrected chi connectivity index (χ4v) is 3.09. The lowest BCUT2D eigenvalue weighted by Gasteiger charge is -2.27. The van der Waals surface area contributed by atoms with Gasteiger partial charge in [-0.25, -0.2) is 9.18 Å². The predicted molar refractivity (Wildman–Crippen MR) is 89.3 cm³/mol. The summed E-state index contributed by atoms with van der Waals surface area (Å²) in [5, 5.41) is 4.61. The largest absolute Gasteiger partial charge is 0.455 e. The van der Waals surface area contributed by atoms with E-state index in [1.54, 1.807) is 26.0 Å². The number of hydrogen-bond donors (Lipinski definition) is 2. The molecule has 1 aromatic carbocycles. The maximum Gasteiger partial charge on any atom is 0.321 e. The smallest absolute Gasteiger partial charge is 0.321 e. The molecule has 0 bridgehead atoms. The van der Waals surface area contributed by atoms with E-state index in [1.807, 2.05) is 0 Å². The molecular weight excluding hydrogens is 327 g/mol. The van der Waals surface area contributed by atoms with Crippen LogP contribution in [0.15, 0.2) is 24.3 Å². The number of ether oxygens (including phenoxy) is 1. The highest BCUT2D eigenvalue weighted by Gasteiger charge is 2.44. The van der Waals surface area contributed by atoms with Gasteiger partial charge < -0.3 is 10.1 Å². The zero-order valence-electron chi connectivity index (χ0n) is 14.4. The molecule has 0 saturated heterocycles. The number of benzene rings is 1. The minimum absolute atomic E-state index is 0.115. The Morgan fingerprint density at radius 1 is 1.16 bits per heavy atom. The average molecular weight is 350 g/mol. The van der Waals surface area contributed by atoms with Gasteiger partial charge in [0.25, 0.3) is 5.91 Å². The molecule has 7 heteroatoms. The van der Waals surface area contributed by atoms with E-state index >= 15 is 0 Å². The average Bonchev–Trinajstić information content (AvgIpc) is 3.03. The Bertz CT molecular complexity index is 637. The van der Waals surface area contributed by atoms with Crippen LogP contribution in [-0.4, -0.2) is 30.6 Å². The highest BCUT2D eigenvalue weighted by molar-refractivity contribution is 5.96. The summed E-state index contributed by atoms with van der Waals surface area (Å²) in [5.74, 6) is -1.59. The van der Waals surface area contributed by atoms with E-state index < -0.39 is 29.9 Å². The molecule has 2 rings (SSSR count). The van der Waals surface area contributed by atoms with Crippen molar-refractivity contribution in [2.45, 2.75) is 51.0 Å². The molecule has 3 amide bonds. The summed E-state index contributed by atoms with van der Waals surface area (Å²) in [7, 11) is 0. The van der Waals surface area contributed by atoms with Crippen LogP contribution in [-0.2, 0) is 19.7 Å². The molecule has 0 radical (unpaired) electrons. The van der Waals surface area contributed by atoms with Gasteiger partial charge >= 0.3 is 12.0 Å². The maximum absolute atomic E-state index is 13.2. The fourth-order valence-electron chi connectivity index (χ4n) is 3.09. The predicted octanol–water partition coefficient (Wildman–Crippen LogP) is 2.41. The van der Waals surface area contributed by atoms with Crippen molar-refractivity contribution in [3.63, 3.8) is 0 Å². The van der Waals surface area contributed by atoms with E-state index in [4.69, 9.17) is 4.74 Å². The number of amides is 3. The molecule has 0 aromatic heterocycles. The first-order valence-electron chi connectivity index (χ1n) is 8.37. The van der Waals surface area contributed by atoms with Crippen molar-refractivity contribution < 1.29 is 23.5 Å². The van der Waals surface area contributed by atoms with Crippen molar-refractivity contribution in [2.24, 2.45) is 0 Å². The normalized spacial score (nSPS) is 15.7. The van der Waals surface area contributed by atoms with E-state index in [0.717, 1.165) is 12.8 Å². The first kappa shape index (κ1) is 18.9. The Morgan fingerprint density at radius 2 is 1.76 bits per heavy atom. The van der Waals surface area contributed by atoms with Crippen LogP contribution in [0.25, 0.3) is 0 Å². The summed E-state index contributed by atoms with van der Waals surface area (Å²) >= 11 is 0. The first-order chi connectivity index (χ1) is 11.8. The van der Waals surface area contributed by atoms with Gasteiger partial charge in [-0.2, -0.15) is 0 Å². The van der Waals surface area contributed by atoms with Crippen LogP contribution >= 0.6 is 0 Å². The molecule has 1 aliphatic carbocycles. The minimum atomic E-state index is -0.853. The molecule has 1 aliphatic rings. The Balaban J connectivity index is 1.98. The number of nitrogens with one attached hydrogen (secondary N) is 2. The summed E-state index contributed by atoms with van der Waals surface area (Å²) in [6, 6.07) is 5.04. The highest BCUT2D eigenvalue weighted by atomic mass is 19.1. The second-order valence-corrected chi connectivity index (χ2v) is 6.55. The van der Waals surface area contributed by atoms with Crippen LogP contribution in [0.5, 0.6) is 0 Å². The summed E-state index contributed by atoms with van der Waals surface area (Å²) < 4.78 is 18.3. The fraction of sp³-hybridized carbons (Fsp3) is 0.500. The number of hydrogen-bond acceptors (Lipinski definition) is 4. The van der Waals surface area contributed by atoms with E-state index in [-0.39, 0.29) is 11.9 Å². The number of urea groups is 1. The summed E-state index contributed by atoms with van der Waals surface area (Å²) in [4.78, 5) is 35.8. The van der Waals surface area contributed by atoms with Crippen molar-refractivity contribution >= 4 is 17.9 Å². The van der Waals surface area contributed by atoms with Crippen molar-refractivity contribution in [1.29, 1.82) is 0 Å². The quantitative estimate of drug-likeness (QED) is 0.799. The van der Waals surface area contributed by atoms with Crippen molar-refractivity contribution in [3.8, 4) is 0 Å². The van der Waals surface area contributed by atoms with Crippen molar-refractivity contribution in [3.05, 3.63) is 35.6 Å². The van der Waals surface area contributed by atoms with E-state index in [0.29, 0.717) is 18.4 Å². The molecule has 0 aliphatic heterocycles. The molecule has 25 heavy (non-hydrogen) atoms. The summed E-state index contributed by atoms with van der Waals surface area (Å²) in [6.45, 7) is 2.99. The molecule has 0 heterocycles. The van der Waals surface area contributed by atoms with Crippen LogP contribution in [0.3, 0.4) is 0 Å². The number of imide groups is 1. The molecule has 1 saturated carbocycles. The van der Waals surface area contributed by atoms with E-state index in [9.17, 15) is 18.8 Å². The Labute approximate surface area is 146 Å². The second kappa shape index (κ2) is 8.09. The standard InChI is InChI=1S/C18H23FN2O4/c1-12(2)20-17(24)21-15(22)11-25-16(23)18(9-3-4-10-18)13-5-7-14(19)8-6-13/h5-8,12H,3-4,9-11H2,1-2H3,(H2,20,21,22,24). The lowest BCUT2D eigenvalue weighted by Crippen LogP contribution is -2.45. The lowest BCUT2D eigenvalue weighted by atomic mass is 9.79. The molecular formula is C18H23FN2O4. The van der Waals surface area contributed by atoms with Crippen LogP contribution in [0.2, 0.25) is 0 Å². The van der Waals surface area contributed by atoms with Gasteiger partial charge in [0.05, 0.1) is 5.41 Å². The number of halogens is 1. The molecule has 0 atom stereocenters. The third-order valence-electron chi connectivity index (χ3n) is 4.25. The SMILES string of the molecule is CC(C)NC(=O)NC(=O)COC(=O)C1(c2ccc(F)cc2)CCCC1. The van der Waals surface area contributed by atoms with Gasteiger partial charge in [0.1, 0.15) is 5.82 Å². The minimum Gasteiger partial charge on any atom is -0.455 e. The Hall–Kier alpha value is -2.44. The Kier molecular flexibility index (Phi) is 6.12. The van der Waals surface area contributed by atoms with Crippen LogP contribution in [0, 0.1) is 5.82 Å². The van der Waals surface area contributed by atoms with E-state index in [1.165, 1.54) is 12.1 Å². The zero-order valence-corrected chi connectivity index (χ0v) is 14.4. The van der Waals surface area contributed by atoms with Crippen LogP contribution in [0.4, 0.5) is 9.18 Å². The van der Waals surface area contributed by atoms with Gasteiger partial charge in [-0.1, -0.05) is 25.0 Å². The third-order valence-corrected chi connectivity index (χ3v) is 4.25. The van der Waals surface area contributed by atoms with Gasteiger partial charge in [0, 0.05) is 6.04 Å².